The van der Waals surface area contributed by atoms with Crippen LogP contribution in [0.4, 0.5) is 5.82 Å². The molecule has 1 saturated heterocycles. The molecule has 3 unspecified atom stereocenters. The van der Waals surface area contributed by atoms with Crippen molar-refractivity contribution < 1.29 is 85.6 Å². The Morgan fingerprint density at radius 1 is 1.00 bits per heavy atom. The maximum absolute atomic E-state index is 12.7. The van der Waals surface area contributed by atoms with Gasteiger partial charge in [0.1, 0.15) is 36.3 Å². The van der Waals surface area contributed by atoms with Gasteiger partial charge in [0, 0.05) is 30.7 Å². The lowest BCUT2D eigenvalue weighted by atomic mass is 9.87. The van der Waals surface area contributed by atoms with Crippen LogP contribution in [0.5, 0.6) is 0 Å². The Bertz CT molecular complexity index is 2110. The van der Waals surface area contributed by atoms with Gasteiger partial charge in [-0.3, -0.25) is 32.5 Å². The lowest BCUT2D eigenvalue weighted by Crippen LogP contribution is -2.46. The van der Waals surface area contributed by atoms with Gasteiger partial charge in [-0.05, 0) is 12.5 Å². The standard InChI is InChI=1S/C30H44N7O18P3S/c1-29(2,23(40)26(41)33-10-9-19(38)32-11-12-59-28(42)30(3,43)17-7-5-4-6-8-17)14-52-58(49,50)55-57(47,48)51-13-18-22(54-56(44,45)46)21(39)27(53-18)37-16-36-20-24(31)34-15-35-25(20)37/h4-8,15-16,18,21-23,27,39-40,43H,9-14H2,1-3H3,(H,32,38)(H,33,41)(H,47,48)(H,49,50)(H2,31,34,35)(H2,44,45,46)/t18-,21-,22-,23+,27-,30?/m1/s1. The SMILES string of the molecule is CC(O)(C(=O)SCCNC(=O)CCNC(=O)[C@H](O)C(C)(C)COP(=O)(O)OP(=O)(O)OC[C@H]1O[C@@H](n2cnc3c(N)ncnc32)[C@H](O)[C@@H]1OP(=O)(O)O)c1ccccc1. The number of aromatic nitrogens is 4. The van der Waals surface area contributed by atoms with Crippen molar-refractivity contribution in [2.75, 3.05) is 37.8 Å². The highest BCUT2D eigenvalue weighted by Crippen LogP contribution is 2.61. The summed E-state index contributed by atoms with van der Waals surface area (Å²) in [6.07, 6.45) is -7.06. The van der Waals surface area contributed by atoms with E-state index in [9.17, 15) is 63.0 Å². The van der Waals surface area contributed by atoms with E-state index >= 15 is 0 Å². The third-order valence-electron chi connectivity index (χ3n) is 8.47. The fourth-order valence-electron chi connectivity index (χ4n) is 5.29. The van der Waals surface area contributed by atoms with Crippen LogP contribution in [0.3, 0.4) is 0 Å². The minimum absolute atomic E-state index is 0.0231. The van der Waals surface area contributed by atoms with Crippen molar-refractivity contribution >= 4 is 69.1 Å². The van der Waals surface area contributed by atoms with Crippen LogP contribution < -0.4 is 16.4 Å². The number of nitrogens with two attached hydrogens (primary N) is 1. The van der Waals surface area contributed by atoms with Crippen LogP contribution in [0.25, 0.3) is 11.2 Å². The maximum Gasteiger partial charge on any atom is 0.481 e. The number of rotatable bonds is 21. The first-order chi connectivity index (χ1) is 27.3. The van der Waals surface area contributed by atoms with Gasteiger partial charge in [-0.15, -0.1) is 0 Å². The van der Waals surface area contributed by atoms with Crippen molar-refractivity contribution in [2.24, 2.45) is 5.41 Å². The second kappa shape index (κ2) is 19.6. The minimum Gasteiger partial charge on any atom is -0.386 e. The second-order valence-electron chi connectivity index (χ2n) is 13.6. The molecule has 1 aliphatic rings. The summed E-state index contributed by atoms with van der Waals surface area (Å²) in [7, 11) is -16.4. The van der Waals surface area contributed by atoms with E-state index in [0.717, 1.165) is 29.0 Å². The van der Waals surface area contributed by atoms with Crippen LogP contribution in [0, 0.1) is 5.41 Å². The molecule has 2 aromatic heterocycles. The van der Waals surface area contributed by atoms with Crippen LogP contribution in [0.2, 0.25) is 0 Å². The van der Waals surface area contributed by atoms with Crippen molar-refractivity contribution in [3.63, 3.8) is 0 Å². The van der Waals surface area contributed by atoms with Gasteiger partial charge in [-0.1, -0.05) is 55.9 Å². The van der Waals surface area contributed by atoms with E-state index in [1.165, 1.54) is 20.8 Å². The molecular weight excluding hydrogens is 871 g/mol. The summed E-state index contributed by atoms with van der Waals surface area (Å²) in [6.45, 7) is 1.60. The number of carbonyl (C=O) groups excluding carboxylic acids is 3. The van der Waals surface area contributed by atoms with Crippen LogP contribution in [0.15, 0.2) is 43.0 Å². The fraction of sp³-hybridized carbons (Fsp3) is 0.533. The molecule has 0 saturated carbocycles. The van der Waals surface area contributed by atoms with Crippen molar-refractivity contribution in [2.45, 2.75) is 63.4 Å². The van der Waals surface area contributed by atoms with Gasteiger partial charge in [0.05, 0.1) is 19.5 Å². The number of ether oxygens (including phenoxy) is 1. The number of imidazole rings is 1. The molecule has 1 aliphatic heterocycles. The predicted molar refractivity (Wildman–Crippen MR) is 203 cm³/mol. The van der Waals surface area contributed by atoms with E-state index in [4.69, 9.17) is 19.5 Å². The average Bonchev–Trinajstić information content (AvgIpc) is 3.71. The molecule has 11 N–H and O–H groups in total. The highest BCUT2D eigenvalue weighted by Gasteiger charge is 2.50. The number of nitrogen functional groups attached to an aromatic ring is 1. The summed E-state index contributed by atoms with van der Waals surface area (Å²) in [5.74, 6) is -1.42. The number of carbonyl (C=O) groups is 3. The molecule has 3 heterocycles. The molecule has 2 amide bonds. The summed E-state index contributed by atoms with van der Waals surface area (Å²) >= 11 is 0.822. The van der Waals surface area contributed by atoms with Crippen LogP contribution >= 0.6 is 35.2 Å². The number of nitrogens with one attached hydrogen (secondary N) is 2. The first-order valence-electron chi connectivity index (χ1n) is 17.2. The number of hydrogen-bond acceptors (Lipinski definition) is 19. The fourth-order valence-corrected chi connectivity index (χ4v) is 8.91. The number of nitrogens with zero attached hydrogens (tertiary/aromatic N) is 4. The number of fused-ring (bicyclic) bond motifs is 1. The predicted octanol–water partition coefficient (Wildman–Crippen LogP) is -0.428. The van der Waals surface area contributed by atoms with Crippen molar-refractivity contribution in [1.82, 2.24) is 30.2 Å². The first kappa shape index (κ1) is 48.4. The molecule has 1 aromatic carbocycles. The molecule has 0 bridgehead atoms. The smallest absolute Gasteiger partial charge is 0.386 e. The molecule has 8 atom stereocenters. The van der Waals surface area contributed by atoms with Crippen molar-refractivity contribution in [3.8, 4) is 0 Å². The van der Waals surface area contributed by atoms with E-state index in [1.807, 2.05) is 0 Å². The Morgan fingerprint density at radius 3 is 2.32 bits per heavy atom. The normalized spacial score (nSPS) is 22.2. The van der Waals surface area contributed by atoms with Gasteiger partial charge in [0.15, 0.2) is 23.3 Å². The molecule has 59 heavy (non-hydrogen) atoms. The number of anilines is 1. The zero-order valence-corrected chi connectivity index (χ0v) is 34.9. The lowest BCUT2D eigenvalue weighted by Gasteiger charge is -2.30. The van der Waals surface area contributed by atoms with E-state index in [2.05, 4.69) is 34.4 Å². The van der Waals surface area contributed by atoms with Crippen molar-refractivity contribution in [1.29, 1.82) is 0 Å². The average molecular weight is 916 g/mol. The number of phosphoric acid groups is 3. The number of phosphoric ester groups is 3. The van der Waals surface area contributed by atoms with Crippen LogP contribution in [-0.2, 0) is 56.3 Å². The summed E-state index contributed by atoms with van der Waals surface area (Å²) in [5.41, 5.74) is 2.90. The Morgan fingerprint density at radius 2 is 1.66 bits per heavy atom. The summed E-state index contributed by atoms with van der Waals surface area (Å²) in [5, 5.41) is 36.4. The van der Waals surface area contributed by atoms with E-state index in [0.29, 0.717) is 5.56 Å². The summed E-state index contributed by atoms with van der Waals surface area (Å²) < 4.78 is 62.2. The molecule has 29 heteroatoms. The molecule has 0 radical (unpaired) electrons. The number of benzene rings is 1. The Hall–Kier alpha value is -3.26. The van der Waals surface area contributed by atoms with Gasteiger partial charge in [0.25, 0.3) is 0 Å². The highest BCUT2D eigenvalue weighted by atomic mass is 32.2. The zero-order chi connectivity index (χ0) is 44.0. The van der Waals surface area contributed by atoms with E-state index in [1.54, 1.807) is 30.3 Å². The maximum atomic E-state index is 12.7. The number of aliphatic hydroxyl groups excluding tert-OH is 2. The number of thioether (sulfide) groups is 1. The van der Waals surface area contributed by atoms with Gasteiger partial charge in [-0.2, -0.15) is 4.31 Å². The van der Waals surface area contributed by atoms with Gasteiger partial charge < -0.3 is 56.0 Å². The monoisotopic (exact) mass is 915 g/mol. The van der Waals surface area contributed by atoms with Gasteiger partial charge in [0.2, 0.25) is 16.9 Å². The third-order valence-corrected chi connectivity index (χ3v) is 12.6. The summed E-state index contributed by atoms with van der Waals surface area (Å²) in [4.78, 5) is 88.3. The summed E-state index contributed by atoms with van der Waals surface area (Å²) in [6, 6.07) is 8.33. The molecule has 328 valence electrons. The molecule has 4 rings (SSSR count). The molecule has 0 aliphatic carbocycles. The quantitative estimate of drug-likeness (QED) is 0.0479. The molecule has 3 aromatic rings. The largest absolute Gasteiger partial charge is 0.481 e. The van der Waals surface area contributed by atoms with Crippen LogP contribution in [-0.4, -0.2) is 128 Å². The molecule has 1 fully saturated rings. The van der Waals surface area contributed by atoms with Crippen LogP contribution in [0.1, 0.15) is 39.0 Å². The molecule has 0 spiro atoms. The Balaban J connectivity index is 1.22. The molecular formula is C30H44N7O18P3S. The van der Waals surface area contributed by atoms with Crippen molar-refractivity contribution in [3.05, 3.63) is 48.5 Å². The van der Waals surface area contributed by atoms with Gasteiger partial charge >= 0.3 is 23.5 Å². The zero-order valence-electron chi connectivity index (χ0n) is 31.4. The topological polar surface area (TPSA) is 384 Å². The number of hydrogen-bond donors (Lipinski definition) is 10. The van der Waals surface area contributed by atoms with Gasteiger partial charge in [-0.25, -0.2) is 28.6 Å². The van der Waals surface area contributed by atoms with E-state index < -0.39 is 95.3 Å². The Labute approximate surface area is 339 Å². The first-order valence-corrected chi connectivity index (χ1v) is 22.7. The Kier molecular flexibility index (Phi) is 16.1. The molecule has 25 nitrogen and oxygen atoms in total. The van der Waals surface area contributed by atoms with E-state index in [-0.39, 0.29) is 42.2 Å². The number of amides is 2. The minimum atomic E-state index is -5.59. The lowest BCUT2D eigenvalue weighted by molar-refractivity contribution is -0.137. The third kappa shape index (κ3) is 13.4. The number of aliphatic hydroxyl groups is 3. The second-order valence-corrected chi connectivity index (χ2v) is 18.9. The highest BCUT2D eigenvalue weighted by molar-refractivity contribution is 8.13.